The molecule has 1 unspecified atom stereocenters. The number of rotatable bonds is 7. The van der Waals surface area contributed by atoms with Crippen LogP contribution in [-0.2, 0) is 14.8 Å². The number of sulfonamides is 1. The Morgan fingerprint density at radius 3 is 2.77 bits per heavy atom. The molecule has 0 spiro atoms. The summed E-state index contributed by atoms with van der Waals surface area (Å²) in [7, 11) is -2.49. The molecule has 1 amide bonds. The SMILES string of the molecule is CCOC(=O)c1nnsc1NC(=O)c1ccc(OC)c(S(=O)(=O)N2CCCCC2C)c1. The average molecular weight is 469 g/mol. The van der Waals surface area contributed by atoms with Crippen LogP contribution >= 0.6 is 11.5 Å². The Kier molecular flexibility index (Phi) is 7.23. The molecule has 0 bridgehead atoms. The van der Waals surface area contributed by atoms with E-state index in [2.05, 4.69) is 14.9 Å². The first-order chi connectivity index (χ1) is 14.8. The standard InChI is InChI=1S/C19H24N4O6S2/c1-4-29-19(25)16-18(30-22-21-16)20-17(24)13-8-9-14(28-3)15(11-13)31(26,27)23-10-6-5-7-12(23)2/h8-9,11-12H,4-7,10H2,1-3H3,(H,20,24). The van der Waals surface area contributed by atoms with Crippen molar-refractivity contribution in [1.29, 1.82) is 0 Å². The molecular formula is C19H24N4O6S2. The molecule has 0 saturated carbocycles. The lowest BCUT2D eigenvalue weighted by Gasteiger charge is -2.32. The number of piperidine rings is 1. The van der Waals surface area contributed by atoms with Gasteiger partial charge in [0.05, 0.1) is 13.7 Å². The van der Waals surface area contributed by atoms with Crippen molar-refractivity contribution in [2.45, 2.75) is 44.0 Å². The smallest absolute Gasteiger partial charge is 0.362 e. The number of methoxy groups -OCH3 is 1. The van der Waals surface area contributed by atoms with Gasteiger partial charge in [0.15, 0.2) is 5.00 Å². The maximum absolute atomic E-state index is 13.3. The number of anilines is 1. The first-order valence-electron chi connectivity index (χ1n) is 9.80. The molecule has 1 atom stereocenters. The van der Waals surface area contributed by atoms with Crippen molar-refractivity contribution in [3.63, 3.8) is 0 Å². The lowest BCUT2D eigenvalue weighted by Crippen LogP contribution is -2.42. The van der Waals surface area contributed by atoms with E-state index >= 15 is 0 Å². The fourth-order valence-electron chi connectivity index (χ4n) is 3.36. The third-order valence-electron chi connectivity index (χ3n) is 4.94. The summed E-state index contributed by atoms with van der Waals surface area (Å²) in [4.78, 5) is 24.7. The molecule has 10 nitrogen and oxygen atoms in total. The number of carbonyl (C=O) groups excluding carboxylic acids is 2. The molecule has 1 aliphatic heterocycles. The quantitative estimate of drug-likeness (QED) is 0.614. The van der Waals surface area contributed by atoms with Crippen molar-refractivity contribution in [3.05, 3.63) is 29.5 Å². The van der Waals surface area contributed by atoms with E-state index in [0.717, 1.165) is 30.8 Å². The fourth-order valence-corrected chi connectivity index (χ4v) is 5.79. The first-order valence-corrected chi connectivity index (χ1v) is 12.0. The number of hydrogen-bond acceptors (Lipinski definition) is 9. The molecule has 2 aromatic rings. The van der Waals surface area contributed by atoms with E-state index in [0.29, 0.717) is 6.54 Å². The molecule has 0 aliphatic carbocycles. The van der Waals surface area contributed by atoms with Gasteiger partial charge in [-0.15, -0.1) is 5.10 Å². The van der Waals surface area contributed by atoms with Gasteiger partial charge in [-0.2, -0.15) is 4.31 Å². The number of carbonyl (C=O) groups is 2. The summed E-state index contributed by atoms with van der Waals surface area (Å²) in [6.07, 6.45) is 2.52. The van der Waals surface area contributed by atoms with Gasteiger partial charge in [0.25, 0.3) is 5.91 Å². The number of aromatic nitrogens is 2. The zero-order valence-electron chi connectivity index (χ0n) is 17.5. The van der Waals surface area contributed by atoms with Crippen molar-refractivity contribution in [3.8, 4) is 5.75 Å². The van der Waals surface area contributed by atoms with Gasteiger partial charge >= 0.3 is 5.97 Å². The number of nitrogens with zero attached hydrogens (tertiary/aromatic N) is 3. The Labute approximate surface area is 184 Å². The van der Waals surface area contributed by atoms with Crippen LogP contribution in [-0.4, -0.2) is 60.5 Å². The van der Waals surface area contributed by atoms with Crippen molar-refractivity contribution in [2.75, 3.05) is 25.6 Å². The van der Waals surface area contributed by atoms with Crippen LogP contribution in [0.3, 0.4) is 0 Å². The molecule has 168 valence electrons. The number of nitrogens with one attached hydrogen (secondary N) is 1. The van der Waals surface area contributed by atoms with Gasteiger partial charge in [-0.3, -0.25) is 4.79 Å². The Bertz CT molecular complexity index is 1070. The third-order valence-corrected chi connectivity index (χ3v) is 7.61. The molecule has 1 aromatic carbocycles. The number of benzene rings is 1. The first kappa shape index (κ1) is 23.1. The third kappa shape index (κ3) is 4.86. The molecule has 2 heterocycles. The second-order valence-corrected chi connectivity index (χ2v) is 9.56. The Morgan fingerprint density at radius 2 is 2.10 bits per heavy atom. The lowest BCUT2D eigenvalue weighted by atomic mass is 10.1. The van der Waals surface area contributed by atoms with Gasteiger partial charge in [-0.1, -0.05) is 10.9 Å². The highest BCUT2D eigenvalue weighted by Gasteiger charge is 2.33. The van der Waals surface area contributed by atoms with E-state index < -0.39 is 21.9 Å². The van der Waals surface area contributed by atoms with E-state index in [1.165, 1.54) is 29.6 Å². The number of hydrogen-bond donors (Lipinski definition) is 1. The molecule has 12 heteroatoms. The van der Waals surface area contributed by atoms with Crippen LogP contribution in [0, 0.1) is 0 Å². The topological polar surface area (TPSA) is 128 Å². The van der Waals surface area contributed by atoms with Crippen LogP contribution in [0.5, 0.6) is 5.75 Å². The Balaban J connectivity index is 1.91. The zero-order chi connectivity index (χ0) is 22.6. The van der Waals surface area contributed by atoms with Crippen LogP contribution in [0.1, 0.15) is 54.0 Å². The molecule has 31 heavy (non-hydrogen) atoms. The molecule has 1 N–H and O–H groups in total. The number of esters is 1. The fraction of sp³-hybridized carbons (Fsp3) is 0.474. The Hall–Kier alpha value is -2.57. The summed E-state index contributed by atoms with van der Waals surface area (Å²) >= 11 is 0.822. The van der Waals surface area contributed by atoms with Crippen molar-refractivity contribution in [2.24, 2.45) is 0 Å². The maximum atomic E-state index is 13.3. The van der Waals surface area contributed by atoms with Gasteiger partial charge in [-0.05, 0) is 44.9 Å². The molecule has 1 fully saturated rings. The van der Waals surface area contributed by atoms with Gasteiger partial charge in [0.2, 0.25) is 15.7 Å². The monoisotopic (exact) mass is 468 g/mol. The van der Waals surface area contributed by atoms with Crippen LogP contribution in [0.4, 0.5) is 5.00 Å². The summed E-state index contributed by atoms with van der Waals surface area (Å²) in [5, 5.41) is 6.37. The molecule has 0 radical (unpaired) electrons. The summed E-state index contributed by atoms with van der Waals surface area (Å²) in [6, 6.07) is 4.03. The minimum absolute atomic E-state index is 0.0792. The van der Waals surface area contributed by atoms with E-state index in [4.69, 9.17) is 9.47 Å². The maximum Gasteiger partial charge on any atom is 0.362 e. The van der Waals surface area contributed by atoms with Crippen LogP contribution in [0.15, 0.2) is 23.1 Å². The summed E-state index contributed by atoms with van der Waals surface area (Å²) in [5.74, 6) is -1.16. The van der Waals surface area contributed by atoms with Crippen molar-refractivity contribution >= 4 is 38.4 Å². The summed E-state index contributed by atoms with van der Waals surface area (Å²) in [6.45, 7) is 4.09. The zero-order valence-corrected chi connectivity index (χ0v) is 19.1. The van der Waals surface area contributed by atoms with Gasteiger partial charge < -0.3 is 14.8 Å². The molecular weight excluding hydrogens is 444 g/mol. The van der Waals surface area contributed by atoms with Crippen LogP contribution in [0.25, 0.3) is 0 Å². The highest BCUT2D eigenvalue weighted by Crippen LogP contribution is 2.32. The second kappa shape index (κ2) is 9.71. The predicted octanol–water partition coefficient (Wildman–Crippen LogP) is 2.54. The second-order valence-electron chi connectivity index (χ2n) is 6.95. The number of amides is 1. The van der Waals surface area contributed by atoms with E-state index in [-0.39, 0.29) is 39.6 Å². The molecule has 1 aliphatic rings. The lowest BCUT2D eigenvalue weighted by molar-refractivity contribution is 0.0520. The summed E-state index contributed by atoms with van der Waals surface area (Å²) in [5.41, 5.74) is -0.0176. The molecule has 3 rings (SSSR count). The molecule has 1 aromatic heterocycles. The minimum Gasteiger partial charge on any atom is -0.495 e. The van der Waals surface area contributed by atoms with Gasteiger partial charge in [0.1, 0.15) is 10.6 Å². The predicted molar refractivity (Wildman–Crippen MR) is 114 cm³/mol. The van der Waals surface area contributed by atoms with Crippen LogP contribution in [0.2, 0.25) is 0 Å². The summed E-state index contributed by atoms with van der Waals surface area (Å²) < 4.78 is 41.9. The van der Waals surface area contributed by atoms with Crippen LogP contribution < -0.4 is 10.1 Å². The van der Waals surface area contributed by atoms with E-state index in [1.54, 1.807) is 6.92 Å². The minimum atomic E-state index is -3.87. The highest BCUT2D eigenvalue weighted by atomic mass is 32.2. The average Bonchev–Trinajstić information content (AvgIpc) is 3.21. The highest BCUT2D eigenvalue weighted by molar-refractivity contribution is 7.89. The normalized spacial score (nSPS) is 17.2. The largest absolute Gasteiger partial charge is 0.495 e. The van der Waals surface area contributed by atoms with Crippen molar-refractivity contribution < 1.29 is 27.5 Å². The Morgan fingerprint density at radius 1 is 1.32 bits per heavy atom. The van der Waals surface area contributed by atoms with E-state index in [1.807, 2.05) is 6.92 Å². The molecule has 1 saturated heterocycles. The van der Waals surface area contributed by atoms with Gasteiger partial charge in [-0.25, -0.2) is 13.2 Å². The van der Waals surface area contributed by atoms with Gasteiger partial charge in [0, 0.05) is 29.7 Å². The number of ether oxygens (including phenoxy) is 2. The van der Waals surface area contributed by atoms with Crippen molar-refractivity contribution in [1.82, 2.24) is 13.9 Å². The van der Waals surface area contributed by atoms with E-state index in [9.17, 15) is 18.0 Å².